The summed E-state index contributed by atoms with van der Waals surface area (Å²) >= 11 is 1.67. The summed E-state index contributed by atoms with van der Waals surface area (Å²) in [6.45, 7) is 2.71. The lowest BCUT2D eigenvalue weighted by Gasteiger charge is -2.07. The van der Waals surface area contributed by atoms with E-state index in [1.807, 2.05) is 23.7 Å². The molecule has 108 valence electrons. The van der Waals surface area contributed by atoms with E-state index in [-0.39, 0.29) is 0 Å². The molecule has 0 amide bonds. The van der Waals surface area contributed by atoms with Crippen molar-refractivity contribution in [2.75, 3.05) is 18.4 Å². The minimum atomic E-state index is 0.858. The number of rotatable bonds is 7. The molecular formula is C15H17N5S. The molecular weight excluding hydrogens is 282 g/mol. The van der Waals surface area contributed by atoms with Crippen molar-refractivity contribution in [1.82, 2.24) is 20.3 Å². The largest absolute Gasteiger partial charge is 0.369 e. The van der Waals surface area contributed by atoms with Gasteiger partial charge in [-0.15, -0.1) is 11.3 Å². The summed E-state index contributed by atoms with van der Waals surface area (Å²) in [6, 6.07) is 6.05. The molecule has 0 aromatic carbocycles. The zero-order valence-corrected chi connectivity index (χ0v) is 12.4. The van der Waals surface area contributed by atoms with E-state index in [4.69, 9.17) is 0 Å². The molecule has 0 bridgehead atoms. The molecule has 2 N–H and O–H groups in total. The second-order valence-electron chi connectivity index (χ2n) is 4.68. The van der Waals surface area contributed by atoms with Crippen LogP contribution in [0.1, 0.15) is 12.0 Å². The Morgan fingerprint density at radius 1 is 1.14 bits per heavy atom. The van der Waals surface area contributed by atoms with Crippen LogP contribution in [0.15, 0.2) is 42.3 Å². The molecule has 0 saturated heterocycles. The summed E-state index contributed by atoms with van der Waals surface area (Å²) in [4.78, 5) is 12.6. The Morgan fingerprint density at radius 3 is 3.05 bits per heavy atom. The van der Waals surface area contributed by atoms with Gasteiger partial charge in [-0.3, -0.25) is 4.98 Å². The van der Waals surface area contributed by atoms with E-state index in [1.165, 1.54) is 5.56 Å². The van der Waals surface area contributed by atoms with Crippen molar-refractivity contribution in [2.45, 2.75) is 13.0 Å². The number of pyridine rings is 1. The van der Waals surface area contributed by atoms with Crippen LogP contribution in [-0.2, 0) is 6.54 Å². The third kappa shape index (κ3) is 3.74. The van der Waals surface area contributed by atoms with Crippen molar-refractivity contribution in [3.8, 4) is 0 Å². The maximum Gasteiger partial charge on any atom is 0.147 e. The molecule has 3 heterocycles. The Morgan fingerprint density at radius 2 is 2.14 bits per heavy atom. The maximum absolute atomic E-state index is 4.30. The van der Waals surface area contributed by atoms with E-state index < -0.39 is 0 Å². The number of fused-ring (bicyclic) bond motifs is 1. The van der Waals surface area contributed by atoms with Crippen LogP contribution in [0.25, 0.3) is 10.2 Å². The van der Waals surface area contributed by atoms with Crippen LogP contribution >= 0.6 is 11.3 Å². The monoisotopic (exact) mass is 299 g/mol. The number of nitrogens with one attached hydrogen (secondary N) is 2. The summed E-state index contributed by atoms with van der Waals surface area (Å²) in [7, 11) is 0. The Balaban J connectivity index is 1.40. The third-order valence-corrected chi connectivity index (χ3v) is 4.03. The minimum Gasteiger partial charge on any atom is -0.369 e. The van der Waals surface area contributed by atoms with E-state index in [1.54, 1.807) is 23.9 Å². The fourth-order valence-corrected chi connectivity index (χ4v) is 2.88. The van der Waals surface area contributed by atoms with E-state index in [0.717, 1.165) is 42.1 Å². The van der Waals surface area contributed by atoms with Crippen molar-refractivity contribution in [3.63, 3.8) is 0 Å². The normalized spacial score (nSPS) is 10.9. The molecule has 3 rings (SSSR count). The van der Waals surface area contributed by atoms with Crippen LogP contribution in [0.2, 0.25) is 0 Å². The Labute approximate surface area is 127 Å². The van der Waals surface area contributed by atoms with E-state index >= 15 is 0 Å². The van der Waals surface area contributed by atoms with Crippen molar-refractivity contribution in [2.24, 2.45) is 0 Å². The summed E-state index contributed by atoms with van der Waals surface area (Å²) < 4.78 is 1.13. The lowest BCUT2D eigenvalue weighted by molar-refractivity contribution is 0.661. The summed E-state index contributed by atoms with van der Waals surface area (Å²) in [6.07, 6.45) is 6.33. The van der Waals surface area contributed by atoms with Gasteiger partial charge in [-0.1, -0.05) is 6.07 Å². The van der Waals surface area contributed by atoms with E-state index in [9.17, 15) is 0 Å². The quantitative estimate of drug-likeness (QED) is 0.657. The average Bonchev–Trinajstić information content (AvgIpc) is 3.01. The first-order valence-corrected chi connectivity index (χ1v) is 7.83. The molecule has 5 nitrogen and oxygen atoms in total. The molecule has 0 spiro atoms. The number of thiophene rings is 1. The van der Waals surface area contributed by atoms with Gasteiger partial charge in [0, 0.05) is 25.5 Å². The molecule has 3 aromatic heterocycles. The van der Waals surface area contributed by atoms with Crippen molar-refractivity contribution >= 4 is 27.4 Å². The predicted octanol–water partition coefficient (Wildman–Crippen LogP) is 2.68. The second kappa shape index (κ2) is 7.10. The molecule has 6 heteroatoms. The van der Waals surface area contributed by atoms with Gasteiger partial charge >= 0.3 is 0 Å². The van der Waals surface area contributed by atoms with Crippen molar-refractivity contribution < 1.29 is 0 Å². The number of hydrogen-bond donors (Lipinski definition) is 2. The van der Waals surface area contributed by atoms with Crippen LogP contribution in [-0.4, -0.2) is 28.0 Å². The zero-order chi connectivity index (χ0) is 14.3. The molecule has 0 aliphatic heterocycles. The van der Waals surface area contributed by atoms with Gasteiger partial charge in [-0.2, -0.15) is 0 Å². The standard InChI is InChI=1S/C15H17N5S/c1-3-12(9-16-5-1)10-17-6-2-7-18-15-14-13(4-8-21-14)19-11-20-15/h1,3-5,8-9,11,17H,2,6-7,10H2,(H,18,19,20). The van der Waals surface area contributed by atoms with Crippen molar-refractivity contribution in [1.29, 1.82) is 0 Å². The number of nitrogens with zero attached hydrogens (tertiary/aromatic N) is 3. The average molecular weight is 299 g/mol. The molecule has 0 atom stereocenters. The lowest BCUT2D eigenvalue weighted by Crippen LogP contribution is -2.18. The molecule has 0 unspecified atom stereocenters. The molecule has 21 heavy (non-hydrogen) atoms. The van der Waals surface area contributed by atoms with Gasteiger partial charge in [-0.05, 0) is 36.0 Å². The molecule has 0 aliphatic carbocycles. The lowest BCUT2D eigenvalue weighted by atomic mass is 10.3. The first kappa shape index (κ1) is 13.9. The molecule has 0 radical (unpaired) electrons. The number of aromatic nitrogens is 3. The fraction of sp³-hybridized carbons (Fsp3) is 0.267. The topological polar surface area (TPSA) is 62.7 Å². The zero-order valence-electron chi connectivity index (χ0n) is 11.6. The molecule has 3 aromatic rings. The van der Waals surface area contributed by atoms with Crippen LogP contribution in [0.3, 0.4) is 0 Å². The smallest absolute Gasteiger partial charge is 0.147 e. The third-order valence-electron chi connectivity index (χ3n) is 3.12. The van der Waals surface area contributed by atoms with Gasteiger partial charge < -0.3 is 10.6 Å². The van der Waals surface area contributed by atoms with Crippen LogP contribution in [0.4, 0.5) is 5.82 Å². The van der Waals surface area contributed by atoms with E-state index in [2.05, 4.69) is 31.7 Å². The van der Waals surface area contributed by atoms with Gasteiger partial charge in [0.2, 0.25) is 0 Å². The Kier molecular flexibility index (Phi) is 4.70. The Bertz CT molecular complexity index is 683. The van der Waals surface area contributed by atoms with Crippen LogP contribution < -0.4 is 10.6 Å². The molecule has 0 saturated carbocycles. The first-order valence-electron chi connectivity index (χ1n) is 6.95. The van der Waals surface area contributed by atoms with Gasteiger partial charge in [0.05, 0.1) is 10.2 Å². The van der Waals surface area contributed by atoms with Gasteiger partial charge in [0.1, 0.15) is 12.1 Å². The highest BCUT2D eigenvalue weighted by molar-refractivity contribution is 7.17. The highest BCUT2D eigenvalue weighted by atomic mass is 32.1. The first-order chi connectivity index (χ1) is 10.4. The van der Waals surface area contributed by atoms with Gasteiger partial charge in [0.25, 0.3) is 0 Å². The van der Waals surface area contributed by atoms with Gasteiger partial charge in [0.15, 0.2) is 0 Å². The molecule has 0 aliphatic rings. The second-order valence-corrected chi connectivity index (χ2v) is 5.59. The number of anilines is 1. The Hall–Kier alpha value is -2.05. The summed E-state index contributed by atoms with van der Waals surface area (Å²) in [5, 5.41) is 8.83. The number of hydrogen-bond acceptors (Lipinski definition) is 6. The highest BCUT2D eigenvalue weighted by Crippen LogP contribution is 2.24. The SMILES string of the molecule is c1cncc(CNCCCNc2ncnc3ccsc23)c1. The fourth-order valence-electron chi connectivity index (χ4n) is 2.07. The van der Waals surface area contributed by atoms with E-state index in [0.29, 0.717) is 0 Å². The maximum atomic E-state index is 4.30. The summed E-state index contributed by atoms with van der Waals surface area (Å²) in [5.74, 6) is 0.933. The molecule has 0 fully saturated rings. The van der Waals surface area contributed by atoms with Crippen LogP contribution in [0, 0.1) is 0 Å². The minimum absolute atomic E-state index is 0.858. The highest BCUT2D eigenvalue weighted by Gasteiger charge is 2.03. The predicted molar refractivity (Wildman–Crippen MR) is 86.5 cm³/mol. The van der Waals surface area contributed by atoms with Crippen molar-refractivity contribution in [3.05, 3.63) is 47.9 Å². The van der Waals surface area contributed by atoms with Crippen LogP contribution in [0.5, 0.6) is 0 Å². The van der Waals surface area contributed by atoms with Gasteiger partial charge in [-0.25, -0.2) is 9.97 Å². The summed E-state index contributed by atoms with van der Waals surface area (Å²) in [5.41, 5.74) is 2.22.